The van der Waals surface area contributed by atoms with Gasteiger partial charge in [-0.15, -0.1) is 0 Å². The maximum absolute atomic E-state index is 5.67. The summed E-state index contributed by atoms with van der Waals surface area (Å²) in [5.74, 6) is 0. The average molecular weight is 226 g/mol. The largest absolute Gasteiger partial charge is 0.374 e. The predicted octanol–water partition coefficient (Wildman–Crippen LogP) is 1.17. The van der Waals surface area contributed by atoms with Gasteiger partial charge in [-0.3, -0.25) is 0 Å². The predicted molar refractivity (Wildman–Crippen MR) is 63.3 cm³/mol. The summed E-state index contributed by atoms with van der Waals surface area (Å²) in [5, 5.41) is 7.73. The molecule has 84 valence electrons. The van der Waals surface area contributed by atoms with Gasteiger partial charge in [-0.2, -0.15) is 11.3 Å². The van der Waals surface area contributed by atoms with E-state index in [4.69, 9.17) is 4.74 Å². The number of likely N-dealkylation sites (N-methyl/N-ethyl adjacent to an activating group) is 1. The molecule has 0 radical (unpaired) electrons. The van der Waals surface area contributed by atoms with Crippen molar-refractivity contribution < 1.29 is 4.74 Å². The van der Waals surface area contributed by atoms with Crippen LogP contribution in [0.4, 0.5) is 0 Å². The summed E-state index contributed by atoms with van der Waals surface area (Å²) in [5.41, 5.74) is 1.36. The molecule has 15 heavy (non-hydrogen) atoms. The van der Waals surface area contributed by atoms with Gasteiger partial charge in [0.15, 0.2) is 0 Å². The quantitative estimate of drug-likeness (QED) is 0.834. The van der Waals surface area contributed by atoms with Crippen LogP contribution in [0.15, 0.2) is 16.8 Å². The summed E-state index contributed by atoms with van der Waals surface area (Å²) in [6.45, 7) is 4.85. The Morgan fingerprint density at radius 2 is 2.60 bits per heavy atom. The van der Waals surface area contributed by atoms with E-state index < -0.39 is 0 Å². The van der Waals surface area contributed by atoms with E-state index in [2.05, 4.69) is 34.1 Å². The highest BCUT2D eigenvalue weighted by molar-refractivity contribution is 7.07. The molecule has 1 atom stereocenters. The second-order valence-electron chi connectivity index (χ2n) is 4.02. The number of nitrogens with zero attached hydrogens (tertiary/aromatic N) is 1. The number of hydrogen-bond donors (Lipinski definition) is 1. The van der Waals surface area contributed by atoms with Crippen LogP contribution < -0.4 is 5.32 Å². The molecule has 0 bridgehead atoms. The molecule has 0 amide bonds. The smallest absolute Gasteiger partial charge is 0.0826 e. The van der Waals surface area contributed by atoms with E-state index in [0.29, 0.717) is 6.10 Å². The molecule has 0 aromatic carbocycles. The van der Waals surface area contributed by atoms with Crippen LogP contribution in [0.1, 0.15) is 5.56 Å². The minimum absolute atomic E-state index is 0.349. The van der Waals surface area contributed by atoms with E-state index in [1.54, 1.807) is 11.3 Å². The van der Waals surface area contributed by atoms with E-state index in [1.807, 2.05) is 0 Å². The summed E-state index contributed by atoms with van der Waals surface area (Å²) < 4.78 is 5.67. The van der Waals surface area contributed by atoms with Gasteiger partial charge in [0.05, 0.1) is 12.7 Å². The molecule has 0 spiro atoms. The molecule has 0 saturated carbocycles. The summed E-state index contributed by atoms with van der Waals surface area (Å²) in [7, 11) is 2.15. The standard InChI is InChI=1S/C11H18N2OS/c1-13-3-4-14-11(8-13)7-12-6-10-2-5-15-9-10/h2,5,9,11-12H,3-4,6-8H2,1H3/t11-/m0/s1. The zero-order valence-electron chi connectivity index (χ0n) is 9.11. The molecule has 1 aliphatic rings. The Labute approximate surface area is 95.0 Å². The van der Waals surface area contributed by atoms with Gasteiger partial charge >= 0.3 is 0 Å². The van der Waals surface area contributed by atoms with Gasteiger partial charge in [-0.25, -0.2) is 0 Å². The molecule has 3 nitrogen and oxygen atoms in total. The minimum Gasteiger partial charge on any atom is -0.374 e. The Hall–Kier alpha value is -0.420. The third-order valence-corrected chi connectivity index (χ3v) is 3.36. The van der Waals surface area contributed by atoms with Gasteiger partial charge in [0.2, 0.25) is 0 Å². The first kappa shape index (κ1) is 11.1. The lowest BCUT2D eigenvalue weighted by atomic mass is 10.2. The molecule has 1 N–H and O–H groups in total. The summed E-state index contributed by atoms with van der Waals surface area (Å²) in [6, 6.07) is 2.16. The Morgan fingerprint density at radius 1 is 1.67 bits per heavy atom. The fourth-order valence-corrected chi connectivity index (χ4v) is 2.43. The van der Waals surface area contributed by atoms with Crippen LogP contribution in [0, 0.1) is 0 Å². The number of nitrogens with one attached hydrogen (secondary N) is 1. The molecule has 2 heterocycles. The molecule has 1 aromatic rings. The van der Waals surface area contributed by atoms with Gasteiger partial charge in [0.25, 0.3) is 0 Å². The summed E-state index contributed by atoms with van der Waals surface area (Å²) >= 11 is 1.75. The first-order valence-electron chi connectivity index (χ1n) is 5.36. The zero-order valence-corrected chi connectivity index (χ0v) is 9.93. The molecule has 2 rings (SSSR count). The molecule has 4 heteroatoms. The molecule has 1 fully saturated rings. The van der Waals surface area contributed by atoms with Gasteiger partial charge in [0.1, 0.15) is 0 Å². The van der Waals surface area contributed by atoms with Crippen molar-refractivity contribution >= 4 is 11.3 Å². The van der Waals surface area contributed by atoms with Gasteiger partial charge in [-0.05, 0) is 29.4 Å². The molecular formula is C11H18N2OS. The van der Waals surface area contributed by atoms with Crippen LogP contribution >= 0.6 is 11.3 Å². The van der Waals surface area contributed by atoms with Crippen molar-refractivity contribution in [2.24, 2.45) is 0 Å². The second kappa shape index (κ2) is 5.61. The lowest BCUT2D eigenvalue weighted by molar-refractivity contribution is -0.0182. The van der Waals surface area contributed by atoms with E-state index in [1.165, 1.54) is 5.56 Å². The Kier molecular flexibility index (Phi) is 4.14. The van der Waals surface area contributed by atoms with Gasteiger partial charge < -0.3 is 15.0 Å². The van der Waals surface area contributed by atoms with Crippen LogP contribution in [0.25, 0.3) is 0 Å². The monoisotopic (exact) mass is 226 g/mol. The molecule has 0 unspecified atom stereocenters. The first-order chi connectivity index (χ1) is 7.34. The van der Waals surface area contributed by atoms with Crippen LogP contribution in [0.5, 0.6) is 0 Å². The summed E-state index contributed by atoms with van der Waals surface area (Å²) in [4.78, 5) is 2.32. The van der Waals surface area contributed by atoms with Crippen LogP contribution in [-0.2, 0) is 11.3 Å². The summed E-state index contributed by atoms with van der Waals surface area (Å²) in [6.07, 6.45) is 0.349. The van der Waals surface area contributed by atoms with E-state index in [0.717, 1.165) is 32.8 Å². The van der Waals surface area contributed by atoms with Crippen molar-refractivity contribution in [3.63, 3.8) is 0 Å². The fourth-order valence-electron chi connectivity index (χ4n) is 1.76. The Balaban J connectivity index is 1.65. The second-order valence-corrected chi connectivity index (χ2v) is 4.80. The number of rotatable bonds is 4. The molecule has 0 aliphatic carbocycles. The minimum atomic E-state index is 0.349. The molecule has 1 aromatic heterocycles. The maximum atomic E-state index is 5.67. The van der Waals surface area contributed by atoms with Crippen LogP contribution in [0.3, 0.4) is 0 Å². The number of thiophene rings is 1. The molecule has 1 aliphatic heterocycles. The number of ether oxygens (including phenoxy) is 1. The highest BCUT2D eigenvalue weighted by atomic mass is 32.1. The molecule has 1 saturated heterocycles. The van der Waals surface area contributed by atoms with Gasteiger partial charge in [0, 0.05) is 26.2 Å². The van der Waals surface area contributed by atoms with Crippen LogP contribution in [0.2, 0.25) is 0 Å². The van der Waals surface area contributed by atoms with Crippen molar-refractivity contribution in [2.75, 3.05) is 33.3 Å². The normalized spacial score (nSPS) is 23.1. The van der Waals surface area contributed by atoms with E-state index in [9.17, 15) is 0 Å². The first-order valence-corrected chi connectivity index (χ1v) is 6.31. The highest BCUT2D eigenvalue weighted by Crippen LogP contribution is 2.06. The highest BCUT2D eigenvalue weighted by Gasteiger charge is 2.16. The van der Waals surface area contributed by atoms with Gasteiger partial charge in [-0.1, -0.05) is 0 Å². The lowest BCUT2D eigenvalue weighted by Gasteiger charge is -2.30. The SMILES string of the molecule is CN1CCO[C@@H](CNCc2ccsc2)C1. The topological polar surface area (TPSA) is 24.5 Å². The van der Waals surface area contributed by atoms with E-state index >= 15 is 0 Å². The number of morpholine rings is 1. The maximum Gasteiger partial charge on any atom is 0.0826 e. The third-order valence-electron chi connectivity index (χ3n) is 2.62. The zero-order chi connectivity index (χ0) is 10.5. The van der Waals surface area contributed by atoms with Crippen molar-refractivity contribution in [3.8, 4) is 0 Å². The van der Waals surface area contributed by atoms with Crippen molar-refractivity contribution in [2.45, 2.75) is 12.6 Å². The fraction of sp³-hybridized carbons (Fsp3) is 0.636. The van der Waals surface area contributed by atoms with Crippen molar-refractivity contribution in [1.29, 1.82) is 0 Å². The van der Waals surface area contributed by atoms with Crippen molar-refractivity contribution in [3.05, 3.63) is 22.4 Å². The Morgan fingerprint density at radius 3 is 3.33 bits per heavy atom. The van der Waals surface area contributed by atoms with Crippen molar-refractivity contribution in [1.82, 2.24) is 10.2 Å². The number of hydrogen-bond acceptors (Lipinski definition) is 4. The lowest BCUT2D eigenvalue weighted by Crippen LogP contribution is -2.44. The average Bonchev–Trinajstić information content (AvgIpc) is 2.71. The van der Waals surface area contributed by atoms with E-state index in [-0.39, 0.29) is 0 Å². The van der Waals surface area contributed by atoms with Crippen LogP contribution in [-0.4, -0.2) is 44.3 Å². The third kappa shape index (κ3) is 3.57. The molecular weight excluding hydrogens is 208 g/mol. The Bertz CT molecular complexity index is 276.